The van der Waals surface area contributed by atoms with Gasteiger partial charge >= 0.3 is 5.97 Å². The van der Waals surface area contributed by atoms with Gasteiger partial charge in [0.15, 0.2) is 12.2 Å². The monoisotopic (exact) mass is 373 g/mol. The van der Waals surface area contributed by atoms with Crippen molar-refractivity contribution in [2.75, 3.05) is 0 Å². The maximum atomic E-state index is 12.1. The maximum absolute atomic E-state index is 12.1. The predicted molar refractivity (Wildman–Crippen MR) is 92.5 cm³/mol. The standard InChI is InChI=1S/C17H21Cl2NO4/c1-10(16(21)20-13-5-3-4-6-13)24-17(22)11(2)23-15-8-7-12(18)9-14(15)19/h7-11,13H,3-6H2,1-2H3,(H,20,21)/t10-,11+/m0/s1. The van der Waals surface area contributed by atoms with Crippen molar-refractivity contribution in [2.24, 2.45) is 0 Å². The fourth-order valence-electron chi connectivity index (χ4n) is 2.52. The highest BCUT2D eigenvalue weighted by Gasteiger charge is 2.26. The minimum Gasteiger partial charge on any atom is -0.477 e. The van der Waals surface area contributed by atoms with E-state index in [-0.39, 0.29) is 11.9 Å². The first-order valence-corrected chi connectivity index (χ1v) is 8.75. The molecule has 0 radical (unpaired) electrons. The summed E-state index contributed by atoms with van der Waals surface area (Å²) in [6.07, 6.45) is 2.41. The lowest BCUT2D eigenvalue weighted by molar-refractivity contribution is -0.161. The Balaban J connectivity index is 1.84. The molecular weight excluding hydrogens is 353 g/mol. The van der Waals surface area contributed by atoms with Crippen molar-refractivity contribution in [3.05, 3.63) is 28.2 Å². The molecule has 7 heteroatoms. The van der Waals surface area contributed by atoms with Crippen LogP contribution in [0.3, 0.4) is 0 Å². The van der Waals surface area contributed by atoms with Crippen LogP contribution in [0.2, 0.25) is 10.0 Å². The van der Waals surface area contributed by atoms with Gasteiger partial charge < -0.3 is 14.8 Å². The molecule has 24 heavy (non-hydrogen) atoms. The number of benzene rings is 1. The van der Waals surface area contributed by atoms with Gasteiger partial charge in [0.05, 0.1) is 5.02 Å². The van der Waals surface area contributed by atoms with Crippen LogP contribution < -0.4 is 10.1 Å². The Morgan fingerprint density at radius 2 is 1.83 bits per heavy atom. The Bertz CT molecular complexity index is 602. The number of carbonyl (C=O) groups excluding carboxylic acids is 2. The van der Waals surface area contributed by atoms with E-state index >= 15 is 0 Å². The van der Waals surface area contributed by atoms with Crippen LogP contribution in [0.5, 0.6) is 5.75 Å². The Morgan fingerprint density at radius 1 is 1.17 bits per heavy atom. The highest BCUT2D eigenvalue weighted by molar-refractivity contribution is 6.35. The second-order valence-corrected chi connectivity index (χ2v) is 6.75. The van der Waals surface area contributed by atoms with E-state index in [0.717, 1.165) is 25.7 Å². The van der Waals surface area contributed by atoms with Gasteiger partial charge in [-0.2, -0.15) is 0 Å². The zero-order chi connectivity index (χ0) is 17.7. The lowest BCUT2D eigenvalue weighted by Gasteiger charge is -2.20. The van der Waals surface area contributed by atoms with Crippen LogP contribution in [0.25, 0.3) is 0 Å². The number of hydrogen-bond donors (Lipinski definition) is 1. The second-order valence-electron chi connectivity index (χ2n) is 5.90. The molecule has 1 saturated carbocycles. The first-order chi connectivity index (χ1) is 11.4. The quantitative estimate of drug-likeness (QED) is 0.771. The van der Waals surface area contributed by atoms with Gasteiger partial charge in [-0.3, -0.25) is 4.79 Å². The fourth-order valence-corrected chi connectivity index (χ4v) is 2.97. The number of nitrogens with one attached hydrogen (secondary N) is 1. The summed E-state index contributed by atoms with van der Waals surface area (Å²) < 4.78 is 10.7. The smallest absolute Gasteiger partial charge is 0.347 e. The summed E-state index contributed by atoms with van der Waals surface area (Å²) in [5.74, 6) is -0.587. The van der Waals surface area contributed by atoms with Gasteiger partial charge in [0, 0.05) is 11.1 Å². The van der Waals surface area contributed by atoms with E-state index in [1.54, 1.807) is 19.1 Å². The van der Waals surface area contributed by atoms with Gasteiger partial charge in [0.2, 0.25) is 0 Å². The van der Waals surface area contributed by atoms with Crippen LogP contribution >= 0.6 is 23.2 Å². The van der Waals surface area contributed by atoms with E-state index in [1.165, 1.54) is 13.0 Å². The molecule has 0 unspecified atom stereocenters. The Labute approximate surface area is 151 Å². The molecule has 1 fully saturated rings. The SMILES string of the molecule is C[C@H](OC(=O)[C@@H](C)Oc1ccc(Cl)cc1Cl)C(=O)NC1CCCC1. The van der Waals surface area contributed by atoms with E-state index in [1.807, 2.05) is 0 Å². The Hall–Kier alpha value is -1.46. The van der Waals surface area contributed by atoms with Crippen LogP contribution in [0, 0.1) is 0 Å². The largest absolute Gasteiger partial charge is 0.477 e. The van der Waals surface area contributed by atoms with Gasteiger partial charge in [-0.15, -0.1) is 0 Å². The number of esters is 1. The molecule has 2 atom stereocenters. The lowest BCUT2D eigenvalue weighted by atomic mass is 10.2. The van der Waals surface area contributed by atoms with Crippen LogP contribution in [-0.4, -0.2) is 30.1 Å². The van der Waals surface area contributed by atoms with Crippen molar-refractivity contribution in [1.82, 2.24) is 5.32 Å². The molecule has 0 saturated heterocycles. The highest BCUT2D eigenvalue weighted by atomic mass is 35.5. The van der Waals surface area contributed by atoms with Crippen LogP contribution in [-0.2, 0) is 14.3 Å². The average molecular weight is 374 g/mol. The molecule has 0 heterocycles. The number of rotatable bonds is 6. The third-order valence-electron chi connectivity index (χ3n) is 3.89. The predicted octanol–water partition coefficient (Wildman–Crippen LogP) is 3.75. The van der Waals surface area contributed by atoms with E-state index in [4.69, 9.17) is 32.7 Å². The molecule has 5 nitrogen and oxygen atoms in total. The molecule has 2 rings (SSSR count). The molecule has 1 amide bonds. The summed E-state index contributed by atoms with van der Waals surface area (Å²) in [5, 5.41) is 3.67. The minimum absolute atomic E-state index is 0.181. The van der Waals surface area contributed by atoms with Gasteiger partial charge in [-0.1, -0.05) is 36.0 Å². The molecular formula is C17H21Cl2NO4. The third-order valence-corrected chi connectivity index (χ3v) is 4.42. The van der Waals surface area contributed by atoms with E-state index in [2.05, 4.69) is 5.32 Å². The summed E-state index contributed by atoms with van der Waals surface area (Å²) >= 11 is 11.8. The summed E-state index contributed by atoms with van der Waals surface area (Å²) in [5.41, 5.74) is 0. The molecule has 0 bridgehead atoms. The Morgan fingerprint density at radius 3 is 2.46 bits per heavy atom. The molecule has 0 aromatic heterocycles. The van der Waals surface area contributed by atoms with E-state index in [9.17, 15) is 9.59 Å². The lowest BCUT2D eigenvalue weighted by Crippen LogP contribution is -2.42. The van der Waals surface area contributed by atoms with E-state index < -0.39 is 18.2 Å². The van der Waals surface area contributed by atoms with Gasteiger partial charge in [0.1, 0.15) is 5.75 Å². The Kier molecular flexibility index (Phi) is 6.75. The maximum Gasteiger partial charge on any atom is 0.347 e. The summed E-state index contributed by atoms with van der Waals surface area (Å²) in [7, 11) is 0. The third kappa shape index (κ3) is 5.28. The molecule has 0 aliphatic heterocycles. The van der Waals surface area contributed by atoms with Crippen LogP contribution in [0.4, 0.5) is 0 Å². The number of amides is 1. The number of carbonyl (C=O) groups is 2. The highest BCUT2D eigenvalue weighted by Crippen LogP contribution is 2.28. The van der Waals surface area contributed by atoms with Crippen molar-refractivity contribution in [3.8, 4) is 5.75 Å². The molecule has 1 aromatic rings. The summed E-state index contributed by atoms with van der Waals surface area (Å²) in [6, 6.07) is 4.89. The normalized spacial score (nSPS) is 17.2. The van der Waals surface area contributed by atoms with Gasteiger partial charge in [0.25, 0.3) is 5.91 Å². The average Bonchev–Trinajstić information content (AvgIpc) is 3.02. The zero-order valence-electron chi connectivity index (χ0n) is 13.7. The molecule has 132 valence electrons. The first kappa shape index (κ1) is 18.9. The van der Waals surface area contributed by atoms with E-state index in [0.29, 0.717) is 15.8 Å². The fraction of sp³-hybridized carbons (Fsp3) is 0.529. The van der Waals surface area contributed by atoms with Crippen molar-refractivity contribution in [1.29, 1.82) is 0 Å². The second kappa shape index (κ2) is 8.58. The van der Waals surface area contributed by atoms with Gasteiger partial charge in [-0.05, 0) is 44.9 Å². The van der Waals surface area contributed by atoms with Crippen molar-refractivity contribution < 1.29 is 19.1 Å². The molecule has 0 spiro atoms. The van der Waals surface area contributed by atoms with Crippen LogP contribution in [0.1, 0.15) is 39.5 Å². The van der Waals surface area contributed by atoms with Crippen molar-refractivity contribution in [2.45, 2.75) is 57.8 Å². The molecule has 1 aliphatic rings. The molecule has 1 aliphatic carbocycles. The topological polar surface area (TPSA) is 64.6 Å². The number of hydrogen-bond acceptors (Lipinski definition) is 4. The van der Waals surface area contributed by atoms with Crippen molar-refractivity contribution >= 4 is 35.1 Å². The zero-order valence-corrected chi connectivity index (χ0v) is 15.2. The number of halogens is 2. The summed E-state index contributed by atoms with van der Waals surface area (Å²) in [6.45, 7) is 3.08. The summed E-state index contributed by atoms with van der Waals surface area (Å²) in [4.78, 5) is 24.1. The first-order valence-electron chi connectivity index (χ1n) is 7.99. The van der Waals surface area contributed by atoms with Crippen molar-refractivity contribution in [3.63, 3.8) is 0 Å². The van der Waals surface area contributed by atoms with Gasteiger partial charge in [-0.25, -0.2) is 4.79 Å². The number of ether oxygens (including phenoxy) is 2. The molecule has 1 aromatic carbocycles. The minimum atomic E-state index is -0.898. The molecule has 1 N–H and O–H groups in total. The van der Waals surface area contributed by atoms with Crippen LogP contribution in [0.15, 0.2) is 18.2 Å².